The van der Waals surface area contributed by atoms with Crippen molar-refractivity contribution in [2.75, 3.05) is 6.61 Å². The standard InChI is InChI=1S/C12H14N6O/c1-8(2)6-19-11-4-3-9(12(13)14)5-10(11)18-7-15-16-17-18/h3-5,7H,1,6H2,2H3,(H3,13,14). The Kier molecular flexibility index (Phi) is 3.56. The van der Waals surface area contributed by atoms with E-state index in [0.717, 1.165) is 5.57 Å². The lowest BCUT2D eigenvalue weighted by molar-refractivity contribution is 0.350. The van der Waals surface area contributed by atoms with E-state index in [1.54, 1.807) is 18.2 Å². The van der Waals surface area contributed by atoms with Crippen molar-refractivity contribution in [3.8, 4) is 11.4 Å². The molecule has 0 radical (unpaired) electrons. The Labute approximate surface area is 110 Å². The summed E-state index contributed by atoms with van der Waals surface area (Å²) in [5.74, 6) is 0.570. The molecule has 0 spiro atoms. The van der Waals surface area contributed by atoms with Crippen LogP contribution in [0.25, 0.3) is 5.69 Å². The van der Waals surface area contributed by atoms with Crippen molar-refractivity contribution < 1.29 is 4.74 Å². The Balaban J connectivity index is 2.42. The van der Waals surface area contributed by atoms with E-state index in [0.29, 0.717) is 23.6 Å². The molecule has 1 heterocycles. The normalized spacial score (nSPS) is 10.2. The topological polar surface area (TPSA) is 103 Å². The van der Waals surface area contributed by atoms with Crippen molar-refractivity contribution in [1.29, 1.82) is 5.41 Å². The molecule has 2 aromatic rings. The van der Waals surface area contributed by atoms with Crippen LogP contribution >= 0.6 is 0 Å². The van der Waals surface area contributed by atoms with E-state index in [9.17, 15) is 0 Å². The van der Waals surface area contributed by atoms with Gasteiger partial charge in [0, 0.05) is 5.56 Å². The highest BCUT2D eigenvalue weighted by molar-refractivity contribution is 5.95. The van der Waals surface area contributed by atoms with Crippen LogP contribution in [0.3, 0.4) is 0 Å². The molecule has 1 aromatic heterocycles. The smallest absolute Gasteiger partial charge is 0.145 e. The zero-order chi connectivity index (χ0) is 13.8. The highest BCUT2D eigenvalue weighted by Crippen LogP contribution is 2.23. The van der Waals surface area contributed by atoms with Crippen molar-refractivity contribution in [2.24, 2.45) is 5.73 Å². The molecule has 0 amide bonds. The number of rotatable bonds is 5. The van der Waals surface area contributed by atoms with Gasteiger partial charge in [0.25, 0.3) is 0 Å². The fraction of sp³-hybridized carbons (Fsp3) is 0.167. The van der Waals surface area contributed by atoms with E-state index in [1.165, 1.54) is 11.0 Å². The maximum absolute atomic E-state index is 7.46. The van der Waals surface area contributed by atoms with Gasteiger partial charge in [0.1, 0.15) is 30.2 Å². The van der Waals surface area contributed by atoms with Crippen LogP contribution in [0.15, 0.2) is 36.7 Å². The zero-order valence-corrected chi connectivity index (χ0v) is 10.5. The third-order valence-electron chi connectivity index (χ3n) is 2.34. The monoisotopic (exact) mass is 258 g/mol. The average Bonchev–Trinajstić information content (AvgIpc) is 2.89. The maximum Gasteiger partial charge on any atom is 0.145 e. The van der Waals surface area contributed by atoms with Gasteiger partial charge in [-0.2, -0.15) is 4.68 Å². The lowest BCUT2D eigenvalue weighted by Gasteiger charge is -2.12. The summed E-state index contributed by atoms with van der Waals surface area (Å²) >= 11 is 0. The summed E-state index contributed by atoms with van der Waals surface area (Å²) in [6.45, 7) is 6.06. The number of ether oxygens (including phenoxy) is 1. The van der Waals surface area contributed by atoms with Gasteiger partial charge in [-0.3, -0.25) is 5.41 Å². The summed E-state index contributed by atoms with van der Waals surface area (Å²) in [5, 5.41) is 18.4. The molecular formula is C12H14N6O. The highest BCUT2D eigenvalue weighted by atomic mass is 16.5. The largest absolute Gasteiger partial charge is 0.487 e. The Morgan fingerprint density at radius 2 is 2.32 bits per heavy atom. The van der Waals surface area contributed by atoms with E-state index in [2.05, 4.69) is 22.1 Å². The predicted octanol–water partition coefficient (Wildman–Crippen LogP) is 0.901. The van der Waals surface area contributed by atoms with Crippen LogP contribution in [0, 0.1) is 5.41 Å². The summed E-state index contributed by atoms with van der Waals surface area (Å²) in [5.41, 5.74) is 7.58. The van der Waals surface area contributed by atoms with E-state index in [-0.39, 0.29) is 5.84 Å². The van der Waals surface area contributed by atoms with Gasteiger partial charge < -0.3 is 10.5 Å². The fourth-order valence-electron chi connectivity index (χ4n) is 1.46. The van der Waals surface area contributed by atoms with Crippen LogP contribution in [0.4, 0.5) is 0 Å². The molecule has 3 N–H and O–H groups in total. The summed E-state index contributed by atoms with van der Waals surface area (Å²) < 4.78 is 7.09. The quantitative estimate of drug-likeness (QED) is 0.471. The van der Waals surface area contributed by atoms with Gasteiger partial charge >= 0.3 is 0 Å². The molecular weight excluding hydrogens is 244 g/mol. The lowest BCUT2D eigenvalue weighted by Crippen LogP contribution is -2.12. The number of hydrogen-bond acceptors (Lipinski definition) is 5. The lowest BCUT2D eigenvalue weighted by atomic mass is 10.1. The maximum atomic E-state index is 7.46. The summed E-state index contributed by atoms with van der Waals surface area (Å²) in [6, 6.07) is 5.15. The third kappa shape index (κ3) is 2.95. The number of amidine groups is 1. The second-order valence-electron chi connectivity index (χ2n) is 4.10. The second-order valence-corrected chi connectivity index (χ2v) is 4.10. The summed E-state index contributed by atoms with van der Waals surface area (Å²) in [6.07, 6.45) is 1.45. The Morgan fingerprint density at radius 1 is 1.53 bits per heavy atom. The number of nitrogens with one attached hydrogen (secondary N) is 1. The number of hydrogen-bond donors (Lipinski definition) is 2. The minimum atomic E-state index is -0.0271. The van der Waals surface area contributed by atoms with Crippen LogP contribution in [-0.4, -0.2) is 32.6 Å². The molecule has 98 valence electrons. The zero-order valence-electron chi connectivity index (χ0n) is 10.5. The number of aromatic nitrogens is 4. The fourth-order valence-corrected chi connectivity index (χ4v) is 1.46. The van der Waals surface area contributed by atoms with E-state index in [4.69, 9.17) is 15.9 Å². The van der Waals surface area contributed by atoms with E-state index >= 15 is 0 Å². The molecule has 7 nitrogen and oxygen atoms in total. The predicted molar refractivity (Wildman–Crippen MR) is 70.5 cm³/mol. The molecule has 0 atom stereocenters. The van der Waals surface area contributed by atoms with E-state index < -0.39 is 0 Å². The van der Waals surface area contributed by atoms with Gasteiger partial charge in [0.05, 0.1) is 0 Å². The molecule has 0 saturated heterocycles. The van der Waals surface area contributed by atoms with Crippen LogP contribution < -0.4 is 10.5 Å². The Bertz CT molecular complexity index is 605. The molecule has 0 saturated carbocycles. The first-order valence-electron chi connectivity index (χ1n) is 5.57. The van der Waals surface area contributed by atoms with Crippen LogP contribution in [-0.2, 0) is 0 Å². The highest BCUT2D eigenvalue weighted by Gasteiger charge is 2.10. The molecule has 19 heavy (non-hydrogen) atoms. The van der Waals surface area contributed by atoms with E-state index in [1.807, 2.05) is 6.92 Å². The molecule has 7 heteroatoms. The molecule has 0 unspecified atom stereocenters. The van der Waals surface area contributed by atoms with Gasteiger partial charge in [0.15, 0.2) is 0 Å². The second kappa shape index (κ2) is 5.30. The summed E-state index contributed by atoms with van der Waals surface area (Å²) in [4.78, 5) is 0. The van der Waals surface area contributed by atoms with Crippen LogP contribution in [0.5, 0.6) is 5.75 Å². The number of tetrazole rings is 1. The van der Waals surface area contributed by atoms with Crippen molar-refractivity contribution in [1.82, 2.24) is 20.2 Å². The number of benzene rings is 1. The van der Waals surface area contributed by atoms with Gasteiger partial charge in [0.2, 0.25) is 0 Å². The molecule has 0 aliphatic carbocycles. The van der Waals surface area contributed by atoms with Crippen LogP contribution in [0.2, 0.25) is 0 Å². The minimum Gasteiger partial charge on any atom is -0.487 e. The molecule has 2 rings (SSSR count). The van der Waals surface area contributed by atoms with Crippen molar-refractivity contribution >= 4 is 5.84 Å². The minimum absolute atomic E-state index is 0.0271. The number of nitrogen functional groups attached to an aromatic ring is 1. The van der Waals surface area contributed by atoms with Gasteiger partial charge in [-0.1, -0.05) is 6.58 Å². The van der Waals surface area contributed by atoms with Crippen molar-refractivity contribution in [3.63, 3.8) is 0 Å². The first-order chi connectivity index (χ1) is 9.08. The number of nitrogens with zero attached hydrogens (tertiary/aromatic N) is 4. The Hall–Kier alpha value is -2.70. The van der Waals surface area contributed by atoms with Crippen molar-refractivity contribution in [2.45, 2.75) is 6.92 Å². The average molecular weight is 258 g/mol. The third-order valence-corrected chi connectivity index (χ3v) is 2.34. The Morgan fingerprint density at radius 3 is 2.89 bits per heavy atom. The SMILES string of the molecule is C=C(C)COc1ccc(C(=N)N)cc1-n1cnnn1. The first kappa shape index (κ1) is 12.7. The molecule has 0 aliphatic heterocycles. The van der Waals surface area contributed by atoms with Gasteiger partial charge in [-0.25, -0.2) is 0 Å². The molecule has 1 aromatic carbocycles. The first-order valence-corrected chi connectivity index (χ1v) is 5.57. The van der Waals surface area contributed by atoms with Gasteiger partial charge in [-0.05, 0) is 41.1 Å². The molecule has 0 aliphatic rings. The van der Waals surface area contributed by atoms with Gasteiger partial charge in [-0.15, -0.1) is 5.10 Å². The van der Waals surface area contributed by atoms with Crippen LogP contribution in [0.1, 0.15) is 12.5 Å². The summed E-state index contributed by atoms with van der Waals surface area (Å²) in [7, 11) is 0. The molecule has 0 fully saturated rings. The molecule has 0 bridgehead atoms. The van der Waals surface area contributed by atoms with Crippen molar-refractivity contribution in [3.05, 3.63) is 42.2 Å². The number of nitrogens with two attached hydrogens (primary N) is 1.